The molecule has 0 amide bonds. The van der Waals surface area contributed by atoms with Gasteiger partial charge in [0.15, 0.2) is 4.96 Å². The zero-order valence-corrected chi connectivity index (χ0v) is 11.9. The number of carbonyl (C=O) groups is 1. The number of aryl methyl sites for hydroxylation is 1. The van der Waals surface area contributed by atoms with Crippen LogP contribution in [0.15, 0.2) is 23.7 Å². The van der Waals surface area contributed by atoms with Crippen molar-refractivity contribution in [1.82, 2.24) is 9.38 Å². The lowest BCUT2D eigenvalue weighted by atomic mass is 10.2. The fourth-order valence-electron chi connectivity index (χ4n) is 2.07. The molecule has 0 aromatic carbocycles. The first-order valence-electron chi connectivity index (χ1n) is 5.98. The Morgan fingerprint density at radius 2 is 2.37 bits per heavy atom. The Balaban J connectivity index is 2.16. The predicted molar refractivity (Wildman–Crippen MR) is 77.3 cm³/mol. The van der Waals surface area contributed by atoms with E-state index >= 15 is 0 Å². The second kappa shape index (κ2) is 4.79. The molecule has 3 aromatic heterocycles. The summed E-state index contributed by atoms with van der Waals surface area (Å²) in [6.45, 7) is 2.05. The molecule has 4 nitrogen and oxygen atoms in total. The van der Waals surface area contributed by atoms with Crippen molar-refractivity contribution in [2.24, 2.45) is 0 Å². The average molecular weight is 292 g/mol. The normalized spacial score (nSPS) is 11.2. The monoisotopic (exact) mass is 292 g/mol. The molecule has 98 valence electrons. The van der Waals surface area contributed by atoms with Gasteiger partial charge in [-0.05, 0) is 17.9 Å². The second-order valence-electron chi connectivity index (χ2n) is 4.19. The highest BCUT2D eigenvalue weighted by Gasteiger charge is 2.19. The summed E-state index contributed by atoms with van der Waals surface area (Å²) < 4.78 is 1.92. The Hall–Kier alpha value is -1.66. The van der Waals surface area contributed by atoms with E-state index in [9.17, 15) is 9.90 Å². The molecule has 3 heterocycles. The van der Waals surface area contributed by atoms with Crippen LogP contribution in [0.4, 0.5) is 0 Å². The molecular weight excluding hydrogens is 280 g/mol. The molecule has 3 rings (SSSR count). The minimum atomic E-state index is -0.864. The molecule has 0 aliphatic carbocycles. The lowest BCUT2D eigenvalue weighted by molar-refractivity contribution is 0.0700. The maximum Gasteiger partial charge on any atom is 0.347 e. The summed E-state index contributed by atoms with van der Waals surface area (Å²) in [6.07, 6.45) is 3.61. The summed E-state index contributed by atoms with van der Waals surface area (Å²) in [5, 5.41) is 11.2. The molecule has 0 bridgehead atoms. The second-order valence-corrected chi connectivity index (χ2v) is 6.11. The third-order valence-electron chi connectivity index (χ3n) is 2.87. The zero-order chi connectivity index (χ0) is 13.4. The van der Waals surface area contributed by atoms with Crippen molar-refractivity contribution in [3.05, 3.63) is 34.3 Å². The number of fused-ring (bicyclic) bond motifs is 1. The topological polar surface area (TPSA) is 54.6 Å². The average Bonchev–Trinajstić information content (AvgIpc) is 3.03. The van der Waals surface area contributed by atoms with E-state index in [0.717, 1.165) is 34.1 Å². The van der Waals surface area contributed by atoms with Crippen LogP contribution in [-0.4, -0.2) is 20.5 Å². The Bertz CT molecular complexity index is 725. The molecule has 0 aliphatic rings. The lowest BCUT2D eigenvalue weighted by Gasteiger charge is -1.98. The summed E-state index contributed by atoms with van der Waals surface area (Å²) in [4.78, 5) is 18.0. The van der Waals surface area contributed by atoms with Crippen molar-refractivity contribution >= 4 is 33.6 Å². The van der Waals surface area contributed by atoms with Gasteiger partial charge >= 0.3 is 5.97 Å². The third-order valence-corrected chi connectivity index (χ3v) is 4.85. The van der Waals surface area contributed by atoms with Gasteiger partial charge in [0.25, 0.3) is 0 Å². The molecule has 0 saturated carbocycles. The highest BCUT2D eigenvalue weighted by molar-refractivity contribution is 7.19. The molecule has 0 radical (unpaired) electrons. The highest BCUT2D eigenvalue weighted by Crippen LogP contribution is 2.30. The van der Waals surface area contributed by atoms with E-state index in [1.165, 1.54) is 11.3 Å². The minimum Gasteiger partial charge on any atom is -0.477 e. The lowest BCUT2D eigenvalue weighted by Crippen LogP contribution is -2.00. The Morgan fingerprint density at radius 3 is 3.00 bits per heavy atom. The van der Waals surface area contributed by atoms with E-state index < -0.39 is 5.97 Å². The third kappa shape index (κ3) is 2.06. The largest absolute Gasteiger partial charge is 0.477 e. The SMILES string of the molecule is CCCc1c(C(=O)O)sc2nc(-c3cccs3)cn12. The van der Waals surface area contributed by atoms with Crippen LogP contribution in [0.1, 0.15) is 28.7 Å². The molecular formula is C13H12N2O2S2. The Labute approximate surface area is 118 Å². The predicted octanol–water partition coefficient (Wildman–Crippen LogP) is 3.78. The first-order valence-corrected chi connectivity index (χ1v) is 7.68. The van der Waals surface area contributed by atoms with Gasteiger partial charge in [-0.15, -0.1) is 11.3 Å². The quantitative estimate of drug-likeness (QED) is 0.796. The van der Waals surface area contributed by atoms with Crippen molar-refractivity contribution in [2.75, 3.05) is 0 Å². The van der Waals surface area contributed by atoms with Gasteiger partial charge in [-0.2, -0.15) is 0 Å². The number of hydrogen-bond donors (Lipinski definition) is 1. The number of carboxylic acid groups (broad SMARTS) is 1. The summed E-state index contributed by atoms with van der Waals surface area (Å²) in [5.41, 5.74) is 1.76. The van der Waals surface area contributed by atoms with Crippen LogP contribution in [-0.2, 0) is 6.42 Å². The number of rotatable bonds is 4. The van der Waals surface area contributed by atoms with Gasteiger partial charge in [-0.25, -0.2) is 9.78 Å². The van der Waals surface area contributed by atoms with E-state index in [-0.39, 0.29) is 0 Å². The first-order chi connectivity index (χ1) is 9.20. The molecule has 0 spiro atoms. The minimum absolute atomic E-state index is 0.405. The fraction of sp³-hybridized carbons (Fsp3) is 0.231. The molecule has 0 atom stereocenters. The van der Waals surface area contributed by atoms with Crippen LogP contribution in [0.3, 0.4) is 0 Å². The number of nitrogens with zero attached hydrogens (tertiary/aromatic N) is 2. The maximum atomic E-state index is 11.2. The Kier molecular flexibility index (Phi) is 3.12. The van der Waals surface area contributed by atoms with Crippen molar-refractivity contribution in [2.45, 2.75) is 19.8 Å². The number of aromatic carboxylic acids is 1. The molecule has 0 aliphatic heterocycles. The van der Waals surface area contributed by atoms with Crippen LogP contribution in [0.5, 0.6) is 0 Å². The number of carboxylic acids is 1. The van der Waals surface area contributed by atoms with Crippen molar-refractivity contribution in [3.8, 4) is 10.6 Å². The molecule has 0 saturated heterocycles. The summed E-state index contributed by atoms with van der Waals surface area (Å²) in [5.74, 6) is -0.864. The standard InChI is InChI=1S/C13H12N2O2S2/c1-2-4-9-11(12(16)17)19-13-14-8(7-15(9)13)10-5-3-6-18-10/h3,5-7H,2,4H2,1H3,(H,16,17). The smallest absolute Gasteiger partial charge is 0.347 e. The molecule has 19 heavy (non-hydrogen) atoms. The molecule has 6 heteroatoms. The van der Waals surface area contributed by atoms with Crippen molar-refractivity contribution in [3.63, 3.8) is 0 Å². The van der Waals surface area contributed by atoms with Crippen LogP contribution in [0, 0.1) is 0 Å². The van der Waals surface area contributed by atoms with Gasteiger partial charge in [0.05, 0.1) is 4.88 Å². The van der Waals surface area contributed by atoms with Crippen molar-refractivity contribution in [1.29, 1.82) is 0 Å². The van der Waals surface area contributed by atoms with Crippen LogP contribution >= 0.6 is 22.7 Å². The molecule has 0 unspecified atom stereocenters. The van der Waals surface area contributed by atoms with Gasteiger partial charge in [0.2, 0.25) is 0 Å². The number of thiophene rings is 1. The van der Waals surface area contributed by atoms with E-state index in [0.29, 0.717) is 4.88 Å². The maximum absolute atomic E-state index is 11.2. The van der Waals surface area contributed by atoms with Crippen LogP contribution in [0.2, 0.25) is 0 Å². The molecule has 0 fully saturated rings. The van der Waals surface area contributed by atoms with Gasteiger partial charge < -0.3 is 5.11 Å². The first kappa shape index (κ1) is 12.4. The van der Waals surface area contributed by atoms with Gasteiger partial charge in [0, 0.05) is 11.9 Å². The number of aromatic nitrogens is 2. The Morgan fingerprint density at radius 1 is 1.53 bits per heavy atom. The number of thiazole rings is 1. The van der Waals surface area contributed by atoms with Gasteiger partial charge in [0.1, 0.15) is 10.6 Å². The van der Waals surface area contributed by atoms with Crippen LogP contribution in [0.25, 0.3) is 15.5 Å². The van der Waals surface area contributed by atoms with E-state index in [4.69, 9.17) is 0 Å². The summed E-state index contributed by atoms with van der Waals surface area (Å²) in [7, 11) is 0. The van der Waals surface area contributed by atoms with E-state index in [1.807, 2.05) is 35.0 Å². The molecule has 3 aromatic rings. The van der Waals surface area contributed by atoms with Gasteiger partial charge in [-0.1, -0.05) is 30.7 Å². The summed E-state index contributed by atoms with van der Waals surface area (Å²) in [6, 6.07) is 4.01. The van der Waals surface area contributed by atoms with Crippen LogP contribution < -0.4 is 0 Å². The number of hydrogen-bond acceptors (Lipinski definition) is 4. The van der Waals surface area contributed by atoms with Gasteiger partial charge in [-0.3, -0.25) is 4.40 Å². The van der Waals surface area contributed by atoms with E-state index in [1.54, 1.807) is 11.3 Å². The zero-order valence-electron chi connectivity index (χ0n) is 10.3. The molecule has 1 N–H and O–H groups in total. The van der Waals surface area contributed by atoms with Crippen molar-refractivity contribution < 1.29 is 9.90 Å². The fourth-order valence-corrected chi connectivity index (χ4v) is 3.74. The highest BCUT2D eigenvalue weighted by atomic mass is 32.1. The summed E-state index contributed by atoms with van der Waals surface area (Å²) >= 11 is 2.88. The number of imidazole rings is 1. The van der Waals surface area contributed by atoms with E-state index in [2.05, 4.69) is 4.98 Å².